The SMILES string of the molecule is Cc1ccc(CCN(Cc2nncn2Cc2ccc(C#N)cc2)C(=O)c2cc3ccccc3s2)cc1. The van der Waals surface area contributed by atoms with E-state index >= 15 is 0 Å². The summed E-state index contributed by atoms with van der Waals surface area (Å²) in [5.41, 5.74) is 4.07. The molecule has 5 rings (SSSR count). The van der Waals surface area contributed by atoms with Crippen molar-refractivity contribution < 1.29 is 4.79 Å². The van der Waals surface area contributed by atoms with Crippen LogP contribution in [0.4, 0.5) is 0 Å². The highest BCUT2D eigenvalue weighted by Gasteiger charge is 2.21. The van der Waals surface area contributed by atoms with Crippen LogP contribution in [0.25, 0.3) is 10.1 Å². The largest absolute Gasteiger partial charge is 0.330 e. The van der Waals surface area contributed by atoms with E-state index in [0.717, 1.165) is 32.8 Å². The number of thiophene rings is 1. The first-order chi connectivity index (χ1) is 17.6. The molecule has 0 radical (unpaired) electrons. The summed E-state index contributed by atoms with van der Waals surface area (Å²) >= 11 is 1.52. The van der Waals surface area contributed by atoms with Crippen LogP contribution in [0.15, 0.2) is 85.2 Å². The number of hydrogen-bond donors (Lipinski definition) is 0. The van der Waals surface area contributed by atoms with Crippen molar-refractivity contribution in [3.8, 4) is 6.07 Å². The molecule has 0 bridgehead atoms. The molecule has 7 heteroatoms. The molecule has 0 fully saturated rings. The van der Waals surface area contributed by atoms with Crippen molar-refractivity contribution in [2.24, 2.45) is 0 Å². The van der Waals surface area contributed by atoms with Gasteiger partial charge in [-0.2, -0.15) is 5.26 Å². The molecule has 0 unspecified atom stereocenters. The molecule has 2 heterocycles. The van der Waals surface area contributed by atoms with Gasteiger partial charge in [0.05, 0.1) is 29.6 Å². The van der Waals surface area contributed by atoms with Gasteiger partial charge >= 0.3 is 0 Å². The molecule has 0 aliphatic heterocycles. The Morgan fingerprint density at radius 3 is 2.53 bits per heavy atom. The number of aryl methyl sites for hydroxylation is 1. The van der Waals surface area contributed by atoms with Crippen LogP contribution in [0, 0.1) is 18.3 Å². The van der Waals surface area contributed by atoms with Crippen molar-refractivity contribution in [3.05, 3.63) is 118 Å². The number of carbonyl (C=O) groups excluding carboxylic acids is 1. The zero-order chi connectivity index (χ0) is 24.9. The topological polar surface area (TPSA) is 74.8 Å². The Morgan fingerprint density at radius 2 is 1.78 bits per heavy atom. The predicted molar refractivity (Wildman–Crippen MR) is 142 cm³/mol. The highest BCUT2D eigenvalue weighted by atomic mass is 32.1. The normalized spacial score (nSPS) is 10.9. The zero-order valence-corrected chi connectivity index (χ0v) is 20.8. The van der Waals surface area contributed by atoms with Crippen molar-refractivity contribution in [2.75, 3.05) is 6.54 Å². The molecule has 6 nitrogen and oxygen atoms in total. The van der Waals surface area contributed by atoms with Crippen LogP contribution in [-0.4, -0.2) is 32.1 Å². The summed E-state index contributed by atoms with van der Waals surface area (Å²) < 4.78 is 3.06. The smallest absolute Gasteiger partial charge is 0.264 e. The molecule has 2 aromatic heterocycles. The van der Waals surface area contributed by atoms with Gasteiger partial charge in [-0.25, -0.2) is 0 Å². The second kappa shape index (κ2) is 10.5. The Morgan fingerprint density at radius 1 is 1.03 bits per heavy atom. The van der Waals surface area contributed by atoms with Gasteiger partial charge in [0.1, 0.15) is 6.33 Å². The van der Waals surface area contributed by atoms with Crippen LogP contribution in [0.1, 0.15) is 37.7 Å². The fourth-order valence-electron chi connectivity index (χ4n) is 4.10. The minimum atomic E-state index is -0.00349. The monoisotopic (exact) mass is 491 g/mol. The number of nitrogens with zero attached hydrogens (tertiary/aromatic N) is 5. The summed E-state index contributed by atoms with van der Waals surface area (Å²) in [6.45, 7) is 3.56. The first-order valence-corrected chi connectivity index (χ1v) is 12.6. The molecule has 5 aromatic rings. The summed E-state index contributed by atoms with van der Waals surface area (Å²) in [7, 11) is 0. The maximum Gasteiger partial charge on any atom is 0.264 e. The van der Waals surface area contributed by atoms with E-state index in [1.165, 1.54) is 22.5 Å². The number of amides is 1. The lowest BCUT2D eigenvalue weighted by Gasteiger charge is -2.22. The standard InChI is InChI=1S/C29H25N5OS/c1-21-6-8-22(9-7-21)14-15-33(29(35)27-16-25-4-2-3-5-26(25)36-27)19-28-32-31-20-34(28)18-24-12-10-23(17-30)11-13-24/h2-13,16,20H,14-15,18-19H2,1H3. The number of carbonyl (C=O) groups is 1. The van der Waals surface area contributed by atoms with Crippen LogP contribution in [0.5, 0.6) is 0 Å². The first-order valence-electron chi connectivity index (χ1n) is 11.8. The van der Waals surface area contributed by atoms with Gasteiger partial charge < -0.3 is 9.47 Å². The number of aromatic nitrogens is 3. The minimum Gasteiger partial charge on any atom is -0.330 e. The van der Waals surface area contributed by atoms with Crippen molar-refractivity contribution >= 4 is 27.3 Å². The molecule has 36 heavy (non-hydrogen) atoms. The Labute approximate surface area is 214 Å². The van der Waals surface area contributed by atoms with Gasteiger partial charge in [0.25, 0.3) is 5.91 Å². The van der Waals surface area contributed by atoms with Crippen LogP contribution >= 0.6 is 11.3 Å². The van der Waals surface area contributed by atoms with Gasteiger partial charge in [-0.1, -0.05) is 60.2 Å². The van der Waals surface area contributed by atoms with Gasteiger partial charge in [0, 0.05) is 11.2 Å². The summed E-state index contributed by atoms with van der Waals surface area (Å²) in [4.78, 5) is 16.3. The molecule has 0 spiro atoms. The second-order valence-electron chi connectivity index (χ2n) is 8.79. The van der Waals surface area contributed by atoms with Crippen LogP contribution in [0.3, 0.4) is 0 Å². The third-order valence-electron chi connectivity index (χ3n) is 6.18. The van der Waals surface area contributed by atoms with Crippen molar-refractivity contribution in [1.82, 2.24) is 19.7 Å². The summed E-state index contributed by atoms with van der Waals surface area (Å²) in [6.07, 6.45) is 2.44. The van der Waals surface area contributed by atoms with Crippen LogP contribution in [-0.2, 0) is 19.5 Å². The van der Waals surface area contributed by atoms with E-state index < -0.39 is 0 Å². The average Bonchev–Trinajstić information content (AvgIpc) is 3.54. The molecule has 0 saturated carbocycles. The molecule has 178 valence electrons. The van der Waals surface area contributed by atoms with Crippen LogP contribution in [0.2, 0.25) is 0 Å². The van der Waals surface area contributed by atoms with Gasteiger partial charge in [-0.05, 0) is 54.1 Å². The molecule has 0 N–H and O–H groups in total. The highest BCUT2D eigenvalue weighted by Crippen LogP contribution is 2.27. The average molecular weight is 492 g/mol. The first kappa shape index (κ1) is 23.5. The van der Waals surface area contributed by atoms with E-state index in [1.807, 2.05) is 51.9 Å². The van der Waals surface area contributed by atoms with Crippen molar-refractivity contribution in [3.63, 3.8) is 0 Å². The third kappa shape index (κ3) is 5.35. The third-order valence-corrected chi connectivity index (χ3v) is 7.28. The zero-order valence-electron chi connectivity index (χ0n) is 20.0. The van der Waals surface area contributed by atoms with Crippen LogP contribution < -0.4 is 0 Å². The molecule has 0 atom stereocenters. The Kier molecular flexibility index (Phi) is 6.87. The van der Waals surface area contributed by atoms with E-state index in [4.69, 9.17) is 5.26 Å². The predicted octanol–water partition coefficient (Wildman–Crippen LogP) is 5.61. The molecule has 0 saturated heterocycles. The number of hydrogen-bond acceptors (Lipinski definition) is 5. The van der Waals surface area contributed by atoms with Gasteiger partial charge in [-0.15, -0.1) is 21.5 Å². The second-order valence-corrected chi connectivity index (χ2v) is 9.88. The lowest BCUT2D eigenvalue weighted by atomic mass is 10.1. The molecular formula is C29H25N5OS. The fourth-order valence-corrected chi connectivity index (χ4v) is 5.13. The van der Waals surface area contributed by atoms with E-state index in [0.29, 0.717) is 25.2 Å². The quantitative estimate of drug-likeness (QED) is 0.283. The van der Waals surface area contributed by atoms with Gasteiger partial charge in [0.2, 0.25) is 0 Å². The molecule has 1 amide bonds. The Bertz CT molecular complexity index is 1490. The van der Waals surface area contributed by atoms with E-state index in [-0.39, 0.29) is 5.91 Å². The van der Waals surface area contributed by atoms with E-state index in [9.17, 15) is 4.79 Å². The summed E-state index contributed by atoms with van der Waals surface area (Å²) in [6, 6.07) is 28.1. The fraction of sp³-hybridized carbons (Fsp3) is 0.172. The maximum absolute atomic E-state index is 13.7. The Balaban J connectivity index is 1.39. The van der Waals surface area contributed by atoms with E-state index in [1.54, 1.807) is 18.5 Å². The number of fused-ring (bicyclic) bond motifs is 1. The number of benzene rings is 3. The lowest BCUT2D eigenvalue weighted by molar-refractivity contribution is 0.0744. The lowest BCUT2D eigenvalue weighted by Crippen LogP contribution is -2.33. The number of nitriles is 1. The van der Waals surface area contributed by atoms with Gasteiger partial charge in [-0.3, -0.25) is 4.79 Å². The molecule has 0 aliphatic carbocycles. The van der Waals surface area contributed by atoms with Crippen molar-refractivity contribution in [1.29, 1.82) is 5.26 Å². The maximum atomic E-state index is 13.7. The molecule has 0 aliphatic rings. The number of rotatable bonds is 8. The van der Waals surface area contributed by atoms with Crippen molar-refractivity contribution in [2.45, 2.75) is 26.4 Å². The minimum absolute atomic E-state index is 0.00349. The molecular weight excluding hydrogens is 466 g/mol. The summed E-state index contributed by atoms with van der Waals surface area (Å²) in [5, 5.41) is 18.6. The van der Waals surface area contributed by atoms with Gasteiger partial charge in [0.15, 0.2) is 5.82 Å². The Hall–Kier alpha value is -4.28. The highest BCUT2D eigenvalue weighted by molar-refractivity contribution is 7.20. The summed E-state index contributed by atoms with van der Waals surface area (Å²) in [5.74, 6) is 0.717. The van der Waals surface area contributed by atoms with E-state index in [2.05, 4.69) is 47.5 Å². The molecule has 3 aromatic carbocycles.